The number of ketones is 1. The van der Waals surface area contributed by atoms with Crippen molar-refractivity contribution in [1.29, 1.82) is 0 Å². The van der Waals surface area contributed by atoms with Crippen LogP contribution < -0.4 is 0 Å². The summed E-state index contributed by atoms with van der Waals surface area (Å²) >= 11 is 0. The zero-order valence-electron chi connectivity index (χ0n) is 22.9. The summed E-state index contributed by atoms with van der Waals surface area (Å²) in [6.07, 6.45) is -2.62. The topological polar surface area (TPSA) is 40.5 Å². The SMILES string of the molecule is CCN(CC)Cc1ccc(C2CC(=O)C=C3CC[C@@H]4C(=C32)CC[C@@]2(C)[C@H]4CCC2(O)C(F)(F)C(F)(F)F)cc1. The van der Waals surface area contributed by atoms with Gasteiger partial charge in [0.05, 0.1) is 0 Å². The molecule has 214 valence electrons. The fraction of sp³-hybridized carbons (Fsp3) is 0.645. The van der Waals surface area contributed by atoms with Gasteiger partial charge in [-0.25, -0.2) is 0 Å². The van der Waals surface area contributed by atoms with Crippen LogP contribution >= 0.6 is 0 Å². The van der Waals surface area contributed by atoms with Crippen LogP contribution in [0.25, 0.3) is 0 Å². The quantitative estimate of drug-likeness (QED) is 0.376. The fourth-order valence-corrected chi connectivity index (χ4v) is 8.25. The molecule has 2 unspecified atom stereocenters. The van der Waals surface area contributed by atoms with Gasteiger partial charge in [-0.1, -0.05) is 50.6 Å². The third-order valence-corrected chi connectivity index (χ3v) is 10.5. The first kappa shape index (κ1) is 28.5. The van der Waals surface area contributed by atoms with Crippen LogP contribution in [0.4, 0.5) is 22.0 Å². The number of hydrogen-bond acceptors (Lipinski definition) is 3. The molecule has 0 aliphatic heterocycles. The molecule has 0 aromatic heterocycles. The van der Waals surface area contributed by atoms with Gasteiger partial charge in [0, 0.05) is 24.3 Å². The molecule has 1 aromatic rings. The van der Waals surface area contributed by atoms with Gasteiger partial charge in [0.25, 0.3) is 0 Å². The average Bonchev–Trinajstić information content (AvgIpc) is 3.18. The molecular weight excluding hydrogens is 513 g/mol. The van der Waals surface area contributed by atoms with Crippen LogP contribution in [0.3, 0.4) is 0 Å². The summed E-state index contributed by atoms with van der Waals surface area (Å²) in [5, 5.41) is 11.1. The minimum absolute atomic E-state index is 0.0609. The van der Waals surface area contributed by atoms with Crippen molar-refractivity contribution >= 4 is 5.78 Å². The Kier molecular flexibility index (Phi) is 7.15. The Bertz CT molecular complexity index is 1180. The Labute approximate surface area is 227 Å². The van der Waals surface area contributed by atoms with Crippen LogP contribution in [0.5, 0.6) is 0 Å². The van der Waals surface area contributed by atoms with E-state index in [2.05, 4.69) is 43.0 Å². The Hall–Kier alpha value is -2.06. The maximum atomic E-state index is 14.8. The number of aliphatic hydroxyl groups is 1. The Morgan fingerprint density at radius 3 is 2.28 bits per heavy atom. The maximum Gasteiger partial charge on any atom is 0.456 e. The van der Waals surface area contributed by atoms with Crippen molar-refractivity contribution in [3.63, 3.8) is 0 Å². The number of halogens is 5. The molecule has 5 atom stereocenters. The minimum atomic E-state index is -5.81. The van der Waals surface area contributed by atoms with Crippen molar-refractivity contribution < 1.29 is 31.9 Å². The molecule has 1 N–H and O–H groups in total. The van der Waals surface area contributed by atoms with E-state index in [1.54, 1.807) is 6.08 Å². The van der Waals surface area contributed by atoms with Crippen LogP contribution in [-0.2, 0) is 11.3 Å². The highest BCUT2D eigenvalue weighted by molar-refractivity contribution is 5.94. The highest BCUT2D eigenvalue weighted by Crippen LogP contribution is 2.68. The molecular formula is C31H38F5NO2. The lowest BCUT2D eigenvalue weighted by molar-refractivity contribution is -0.362. The molecule has 1 aromatic carbocycles. The number of carbonyl (C=O) groups excluding carboxylic acids is 1. The molecule has 3 nitrogen and oxygen atoms in total. The van der Waals surface area contributed by atoms with Gasteiger partial charge in [0.1, 0.15) is 5.60 Å². The van der Waals surface area contributed by atoms with Crippen molar-refractivity contribution in [2.24, 2.45) is 17.3 Å². The van der Waals surface area contributed by atoms with E-state index in [9.17, 15) is 31.9 Å². The first-order chi connectivity index (χ1) is 18.3. The third kappa shape index (κ3) is 4.32. The second kappa shape index (κ2) is 9.79. The van der Waals surface area contributed by atoms with E-state index in [0.717, 1.165) is 41.9 Å². The van der Waals surface area contributed by atoms with Crippen LogP contribution in [0, 0.1) is 17.3 Å². The number of hydrogen-bond donors (Lipinski definition) is 1. The van der Waals surface area contributed by atoms with Gasteiger partial charge in [0.15, 0.2) is 5.78 Å². The predicted molar refractivity (Wildman–Crippen MR) is 139 cm³/mol. The van der Waals surface area contributed by atoms with E-state index in [1.165, 1.54) is 12.5 Å². The number of fused-ring (bicyclic) bond motifs is 4. The molecule has 8 heteroatoms. The monoisotopic (exact) mass is 551 g/mol. The number of carbonyl (C=O) groups is 1. The van der Waals surface area contributed by atoms with Crippen LogP contribution in [0.2, 0.25) is 0 Å². The third-order valence-electron chi connectivity index (χ3n) is 10.5. The summed E-state index contributed by atoms with van der Waals surface area (Å²) in [5.41, 5.74) is 0.698. The highest BCUT2D eigenvalue weighted by Gasteiger charge is 2.78. The van der Waals surface area contributed by atoms with Gasteiger partial charge in [-0.2, -0.15) is 22.0 Å². The first-order valence-electron chi connectivity index (χ1n) is 14.2. The number of rotatable bonds is 6. The number of benzene rings is 1. The van der Waals surface area contributed by atoms with E-state index >= 15 is 0 Å². The lowest BCUT2D eigenvalue weighted by Gasteiger charge is -2.53. The van der Waals surface area contributed by atoms with E-state index in [-0.39, 0.29) is 30.5 Å². The van der Waals surface area contributed by atoms with Crippen molar-refractivity contribution in [2.75, 3.05) is 13.1 Å². The van der Waals surface area contributed by atoms with Gasteiger partial charge in [-0.3, -0.25) is 9.69 Å². The Balaban J connectivity index is 1.50. The van der Waals surface area contributed by atoms with E-state index in [4.69, 9.17) is 0 Å². The summed E-state index contributed by atoms with van der Waals surface area (Å²) in [6, 6.07) is 8.33. The van der Waals surface area contributed by atoms with Crippen molar-refractivity contribution in [1.82, 2.24) is 4.90 Å². The average molecular weight is 552 g/mol. The first-order valence-corrected chi connectivity index (χ1v) is 14.2. The summed E-state index contributed by atoms with van der Waals surface area (Å²) in [5.74, 6) is -5.92. The molecule has 0 heterocycles. The Morgan fingerprint density at radius 1 is 1.00 bits per heavy atom. The van der Waals surface area contributed by atoms with Crippen molar-refractivity contribution in [3.05, 3.63) is 58.2 Å². The van der Waals surface area contributed by atoms with E-state index in [1.807, 2.05) is 0 Å². The van der Waals surface area contributed by atoms with Gasteiger partial charge in [-0.05, 0) is 91.8 Å². The number of alkyl halides is 5. The summed E-state index contributed by atoms with van der Waals surface area (Å²) < 4.78 is 70.0. The molecule has 0 amide bonds. The van der Waals surface area contributed by atoms with Crippen LogP contribution in [0.1, 0.15) is 82.8 Å². The second-order valence-electron chi connectivity index (χ2n) is 12.2. The second-order valence-corrected chi connectivity index (χ2v) is 12.2. The van der Waals surface area contributed by atoms with E-state index in [0.29, 0.717) is 25.7 Å². The normalized spacial score (nSPS) is 33.1. The number of nitrogens with zero attached hydrogens (tertiary/aromatic N) is 1. The van der Waals surface area contributed by atoms with Gasteiger partial charge in [-0.15, -0.1) is 0 Å². The molecule has 39 heavy (non-hydrogen) atoms. The lowest BCUT2D eigenvalue weighted by atomic mass is 9.53. The molecule has 2 fully saturated rings. The van der Waals surface area contributed by atoms with Gasteiger partial charge in [0.2, 0.25) is 0 Å². The molecule has 0 saturated heterocycles. The summed E-state index contributed by atoms with van der Waals surface area (Å²) in [7, 11) is 0. The summed E-state index contributed by atoms with van der Waals surface area (Å²) in [4.78, 5) is 15.1. The van der Waals surface area contributed by atoms with Crippen molar-refractivity contribution in [2.45, 2.75) is 95.9 Å². The van der Waals surface area contributed by atoms with Gasteiger partial charge < -0.3 is 5.11 Å². The predicted octanol–water partition coefficient (Wildman–Crippen LogP) is 7.36. The fourth-order valence-electron chi connectivity index (χ4n) is 8.25. The molecule has 4 aliphatic carbocycles. The maximum absolute atomic E-state index is 14.8. The molecule has 0 radical (unpaired) electrons. The Morgan fingerprint density at radius 2 is 1.67 bits per heavy atom. The standard InChI is InChI=1S/C31H38F5NO2/c1-4-37(5-2)18-19-6-8-20(9-7-19)25-17-22(38)16-21-10-11-23-24(27(21)25)12-14-28(3)26(23)13-15-29(28,39)30(32,33)31(34,35)36/h6-9,16,23,25-26,39H,4-5,10-15,17-18H2,1-3H3/t23-,25?,26+,28+,29?/m1/s1. The molecule has 5 rings (SSSR count). The highest BCUT2D eigenvalue weighted by atomic mass is 19.4. The van der Waals surface area contributed by atoms with Gasteiger partial charge >= 0.3 is 12.1 Å². The number of allylic oxidation sites excluding steroid dienone is 4. The molecule has 4 aliphatic rings. The van der Waals surface area contributed by atoms with Crippen molar-refractivity contribution in [3.8, 4) is 0 Å². The smallest absolute Gasteiger partial charge is 0.383 e. The molecule has 0 bridgehead atoms. The molecule has 0 spiro atoms. The van der Waals surface area contributed by atoms with E-state index < -0.39 is 35.5 Å². The largest absolute Gasteiger partial charge is 0.456 e. The minimum Gasteiger partial charge on any atom is -0.383 e. The van der Waals surface area contributed by atoms with Crippen LogP contribution in [0.15, 0.2) is 47.1 Å². The zero-order valence-corrected chi connectivity index (χ0v) is 22.9. The zero-order chi connectivity index (χ0) is 28.4. The molecule has 2 saturated carbocycles. The van der Waals surface area contributed by atoms with Crippen LogP contribution in [-0.4, -0.2) is 46.6 Å². The lowest BCUT2D eigenvalue weighted by Crippen LogP contribution is -2.64. The summed E-state index contributed by atoms with van der Waals surface area (Å²) in [6.45, 7) is 8.42.